The number of carbonyl (C=O) groups excluding carboxylic acids is 1. The summed E-state index contributed by atoms with van der Waals surface area (Å²) in [5.41, 5.74) is 14.1. The summed E-state index contributed by atoms with van der Waals surface area (Å²) in [4.78, 5) is 21.1. The zero-order valence-electron chi connectivity index (χ0n) is 14.2. The maximum absolute atomic E-state index is 12.0. The van der Waals surface area contributed by atoms with E-state index in [4.69, 9.17) is 16.5 Å². The lowest BCUT2D eigenvalue weighted by molar-refractivity contribution is 0.100. The number of fused-ring (bicyclic) bond motifs is 3. The van der Waals surface area contributed by atoms with Gasteiger partial charge < -0.3 is 16.0 Å². The van der Waals surface area contributed by atoms with Crippen LogP contribution in [-0.4, -0.2) is 26.7 Å². The highest BCUT2D eigenvalue weighted by atomic mass is 32.2. The van der Waals surface area contributed by atoms with Gasteiger partial charge >= 0.3 is 0 Å². The molecule has 0 unspecified atom stereocenters. The summed E-state index contributed by atoms with van der Waals surface area (Å²) in [7, 11) is 0. The Morgan fingerprint density at radius 1 is 1.28 bits per heavy atom. The molecule has 2 aromatic heterocycles. The standard InChI is InChI=1S/C18H21N5OS/c1-25-17-21-9-11-5-6-12-13(16(19)24)10-23(15(12)14(11)22-17)18(20)7-3-2-4-8-18/h5-6,9-10H,2-4,7-8,20H2,1H3,(H2,19,24). The Bertz CT molecular complexity index is 974. The quantitative estimate of drug-likeness (QED) is 0.556. The summed E-state index contributed by atoms with van der Waals surface area (Å²) in [6.45, 7) is 0. The van der Waals surface area contributed by atoms with Crippen molar-refractivity contribution in [3.05, 3.63) is 30.1 Å². The predicted molar refractivity (Wildman–Crippen MR) is 101 cm³/mol. The first kappa shape index (κ1) is 16.4. The lowest BCUT2D eigenvalue weighted by Gasteiger charge is -2.36. The Labute approximate surface area is 150 Å². The lowest BCUT2D eigenvalue weighted by Crippen LogP contribution is -2.44. The van der Waals surface area contributed by atoms with Gasteiger partial charge in [-0.25, -0.2) is 9.97 Å². The van der Waals surface area contributed by atoms with Crippen LogP contribution in [0.2, 0.25) is 0 Å². The zero-order chi connectivity index (χ0) is 17.6. The summed E-state index contributed by atoms with van der Waals surface area (Å²) < 4.78 is 2.04. The molecule has 1 fully saturated rings. The maximum Gasteiger partial charge on any atom is 0.250 e. The highest BCUT2D eigenvalue weighted by Crippen LogP contribution is 2.37. The topological polar surface area (TPSA) is 99.8 Å². The molecule has 6 nitrogen and oxygen atoms in total. The zero-order valence-corrected chi connectivity index (χ0v) is 15.0. The third-order valence-electron chi connectivity index (χ3n) is 5.14. The number of primary amides is 1. The molecule has 0 atom stereocenters. The molecule has 0 radical (unpaired) electrons. The second-order valence-corrected chi connectivity index (χ2v) is 7.47. The molecule has 4 rings (SSSR count). The SMILES string of the molecule is CSc1ncc2ccc3c(C(N)=O)cn(C4(N)CCCCC4)c3c2n1. The van der Waals surface area contributed by atoms with Crippen molar-refractivity contribution in [1.82, 2.24) is 14.5 Å². The Morgan fingerprint density at radius 2 is 2.04 bits per heavy atom. The van der Waals surface area contributed by atoms with Crippen LogP contribution in [0.5, 0.6) is 0 Å². The van der Waals surface area contributed by atoms with E-state index in [2.05, 4.69) is 4.98 Å². The van der Waals surface area contributed by atoms with Gasteiger partial charge in [-0.1, -0.05) is 30.3 Å². The average Bonchev–Trinajstić information content (AvgIpc) is 3.03. The molecule has 1 saturated carbocycles. The van der Waals surface area contributed by atoms with Gasteiger partial charge in [0.1, 0.15) is 0 Å². The first-order chi connectivity index (χ1) is 12.0. The molecule has 1 aliphatic rings. The van der Waals surface area contributed by atoms with Crippen molar-refractivity contribution in [2.45, 2.75) is 42.9 Å². The predicted octanol–water partition coefficient (Wildman–Crippen LogP) is 2.98. The minimum atomic E-state index is -0.511. The van der Waals surface area contributed by atoms with Crippen LogP contribution in [0.3, 0.4) is 0 Å². The van der Waals surface area contributed by atoms with Gasteiger partial charge in [-0.15, -0.1) is 0 Å². The van der Waals surface area contributed by atoms with Crippen LogP contribution in [0, 0.1) is 0 Å². The van der Waals surface area contributed by atoms with Crippen molar-refractivity contribution in [2.75, 3.05) is 6.26 Å². The fraction of sp³-hybridized carbons (Fsp3) is 0.389. The van der Waals surface area contributed by atoms with E-state index >= 15 is 0 Å². The molecule has 4 N–H and O–H groups in total. The van der Waals surface area contributed by atoms with Crippen LogP contribution < -0.4 is 11.5 Å². The van der Waals surface area contributed by atoms with E-state index in [0.717, 1.165) is 47.5 Å². The van der Waals surface area contributed by atoms with E-state index in [-0.39, 0.29) is 0 Å². The van der Waals surface area contributed by atoms with E-state index < -0.39 is 11.6 Å². The Hall–Kier alpha value is -2.12. The molecule has 2 heterocycles. The van der Waals surface area contributed by atoms with Crippen molar-refractivity contribution in [1.29, 1.82) is 0 Å². The molecular formula is C18H21N5OS. The lowest BCUT2D eigenvalue weighted by atomic mass is 9.89. The number of thioether (sulfide) groups is 1. The number of carbonyl (C=O) groups is 1. The van der Waals surface area contributed by atoms with Crippen LogP contribution in [0.4, 0.5) is 0 Å². The number of hydrogen-bond acceptors (Lipinski definition) is 5. The number of amides is 1. The fourth-order valence-corrected chi connectivity index (χ4v) is 4.18. The van der Waals surface area contributed by atoms with Gasteiger partial charge in [0.15, 0.2) is 5.16 Å². The Morgan fingerprint density at radius 3 is 2.72 bits per heavy atom. The van der Waals surface area contributed by atoms with Gasteiger partial charge in [0.25, 0.3) is 5.91 Å². The van der Waals surface area contributed by atoms with E-state index in [1.54, 1.807) is 0 Å². The van der Waals surface area contributed by atoms with Crippen molar-refractivity contribution < 1.29 is 4.79 Å². The third-order valence-corrected chi connectivity index (χ3v) is 5.70. The summed E-state index contributed by atoms with van der Waals surface area (Å²) in [6.07, 6.45) is 10.7. The van der Waals surface area contributed by atoms with Crippen molar-refractivity contribution in [3.63, 3.8) is 0 Å². The molecule has 0 bridgehead atoms. The number of hydrogen-bond donors (Lipinski definition) is 2. The molecule has 1 amide bonds. The van der Waals surface area contributed by atoms with Gasteiger partial charge in [-0.3, -0.25) is 4.79 Å². The largest absolute Gasteiger partial charge is 0.366 e. The van der Waals surface area contributed by atoms with Gasteiger partial charge in [-0.05, 0) is 31.9 Å². The molecule has 25 heavy (non-hydrogen) atoms. The van der Waals surface area contributed by atoms with Crippen molar-refractivity contribution in [2.24, 2.45) is 11.5 Å². The second-order valence-electron chi connectivity index (χ2n) is 6.70. The van der Waals surface area contributed by atoms with Crippen LogP contribution in [0.1, 0.15) is 42.5 Å². The van der Waals surface area contributed by atoms with Crippen LogP contribution in [-0.2, 0) is 5.66 Å². The summed E-state index contributed by atoms with van der Waals surface area (Å²) >= 11 is 1.49. The van der Waals surface area contributed by atoms with E-state index in [1.165, 1.54) is 18.2 Å². The number of nitrogens with zero attached hydrogens (tertiary/aromatic N) is 3. The van der Waals surface area contributed by atoms with Crippen LogP contribution >= 0.6 is 11.8 Å². The molecular weight excluding hydrogens is 334 g/mol. The maximum atomic E-state index is 12.0. The third kappa shape index (κ3) is 2.58. The van der Waals surface area contributed by atoms with Gasteiger partial charge in [0.2, 0.25) is 0 Å². The summed E-state index contributed by atoms with van der Waals surface area (Å²) in [6, 6.07) is 3.85. The molecule has 130 valence electrons. The minimum Gasteiger partial charge on any atom is -0.366 e. The van der Waals surface area contributed by atoms with Crippen molar-refractivity contribution in [3.8, 4) is 0 Å². The van der Waals surface area contributed by atoms with Crippen molar-refractivity contribution >= 4 is 39.5 Å². The highest BCUT2D eigenvalue weighted by molar-refractivity contribution is 7.98. The van der Waals surface area contributed by atoms with Crippen LogP contribution in [0.15, 0.2) is 29.7 Å². The minimum absolute atomic E-state index is 0.443. The van der Waals surface area contributed by atoms with E-state index in [9.17, 15) is 4.79 Å². The fourth-order valence-electron chi connectivity index (χ4n) is 3.84. The average molecular weight is 355 g/mol. The summed E-state index contributed by atoms with van der Waals surface area (Å²) in [5.74, 6) is -0.443. The number of nitrogens with two attached hydrogens (primary N) is 2. The Kier molecular flexibility index (Phi) is 3.92. The molecule has 1 aromatic carbocycles. The number of rotatable bonds is 3. The molecule has 1 aliphatic carbocycles. The smallest absolute Gasteiger partial charge is 0.250 e. The monoisotopic (exact) mass is 355 g/mol. The molecule has 0 saturated heterocycles. The normalized spacial score (nSPS) is 17.2. The highest BCUT2D eigenvalue weighted by Gasteiger charge is 2.32. The van der Waals surface area contributed by atoms with Gasteiger partial charge in [-0.2, -0.15) is 0 Å². The second kappa shape index (κ2) is 6.00. The number of aromatic nitrogens is 3. The van der Waals surface area contributed by atoms with E-state index in [1.807, 2.05) is 35.3 Å². The van der Waals surface area contributed by atoms with Gasteiger partial charge in [0, 0.05) is 23.2 Å². The van der Waals surface area contributed by atoms with E-state index in [0.29, 0.717) is 10.7 Å². The first-order valence-electron chi connectivity index (χ1n) is 8.47. The van der Waals surface area contributed by atoms with Crippen LogP contribution in [0.25, 0.3) is 21.8 Å². The van der Waals surface area contributed by atoms with Gasteiger partial charge in [0.05, 0.1) is 22.3 Å². The molecule has 7 heteroatoms. The molecule has 0 aliphatic heterocycles. The summed E-state index contributed by atoms with van der Waals surface area (Å²) in [5, 5.41) is 2.43. The Balaban J connectivity index is 2.09. The number of benzene rings is 1. The molecule has 0 spiro atoms. The molecule has 3 aromatic rings. The first-order valence-corrected chi connectivity index (χ1v) is 9.70.